The molecule has 0 spiro atoms. The zero-order valence-electron chi connectivity index (χ0n) is 11.8. The molecule has 5 nitrogen and oxygen atoms in total. The van der Waals surface area contributed by atoms with Gasteiger partial charge in [0.15, 0.2) is 5.96 Å². The number of rotatable bonds is 5. The van der Waals surface area contributed by atoms with Gasteiger partial charge >= 0.3 is 0 Å². The lowest BCUT2D eigenvalue weighted by atomic mass is 9.96. The number of sulfone groups is 1. The summed E-state index contributed by atoms with van der Waals surface area (Å²) in [5.41, 5.74) is 0. The van der Waals surface area contributed by atoms with Crippen molar-refractivity contribution in [3.05, 3.63) is 0 Å². The molecule has 0 unspecified atom stereocenters. The molecule has 1 aliphatic carbocycles. The lowest BCUT2D eigenvalue weighted by Crippen LogP contribution is -2.44. The van der Waals surface area contributed by atoms with Crippen LogP contribution in [0.2, 0.25) is 0 Å². The summed E-state index contributed by atoms with van der Waals surface area (Å²) in [6.45, 7) is 3.12. The summed E-state index contributed by atoms with van der Waals surface area (Å²) in [4.78, 5) is 4.31. The summed E-state index contributed by atoms with van der Waals surface area (Å²) in [7, 11) is -2.93. The molecule has 114 valence electrons. The molecule has 0 atom stereocenters. The van der Waals surface area contributed by atoms with Crippen molar-refractivity contribution >= 4 is 39.8 Å². The Morgan fingerprint density at radius 1 is 1.26 bits per heavy atom. The third-order valence-corrected chi connectivity index (χ3v) is 3.95. The minimum atomic E-state index is -2.93. The van der Waals surface area contributed by atoms with Gasteiger partial charge in [-0.3, -0.25) is 4.99 Å². The van der Waals surface area contributed by atoms with Crippen molar-refractivity contribution in [2.24, 2.45) is 4.99 Å². The van der Waals surface area contributed by atoms with Crippen molar-refractivity contribution in [2.75, 3.05) is 25.1 Å². The van der Waals surface area contributed by atoms with Crippen LogP contribution >= 0.6 is 24.0 Å². The Bertz CT molecular complexity index is 365. The van der Waals surface area contributed by atoms with E-state index in [1.54, 1.807) is 0 Å². The highest BCUT2D eigenvalue weighted by atomic mass is 127. The molecule has 0 heterocycles. The molecule has 0 amide bonds. The van der Waals surface area contributed by atoms with E-state index in [2.05, 4.69) is 15.6 Å². The van der Waals surface area contributed by atoms with Gasteiger partial charge in [0.2, 0.25) is 0 Å². The first-order valence-electron chi connectivity index (χ1n) is 6.74. The third-order valence-electron chi connectivity index (χ3n) is 3.02. The molecule has 0 aromatic carbocycles. The highest BCUT2D eigenvalue weighted by Crippen LogP contribution is 2.17. The van der Waals surface area contributed by atoms with Crippen LogP contribution in [0, 0.1) is 0 Å². The summed E-state index contributed by atoms with van der Waals surface area (Å²) in [6, 6.07) is 0.481. The summed E-state index contributed by atoms with van der Waals surface area (Å²) in [5.74, 6) is 0.849. The van der Waals surface area contributed by atoms with Crippen LogP contribution in [0.1, 0.15) is 39.0 Å². The Balaban J connectivity index is 0.00000324. The fourth-order valence-corrected chi connectivity index (χ4v) is 2.51. The number of halogens is 1. The van der Waals surface area contributed by atoms with Crippen molar-refractivity contribution < 1.29 is 8.42 Å². The van der Waals surface area contributed by atoms with Gasteiger partial charge in [0, 0.05) is 18.8 Å². The summed E-state index contributed by atoms with van der Waals surface area (Å²) >= 11 is 0. The first-order chi connectivity index (χ1) is 8.51. The summed E-state index contributed by atoms with van der Waals surface area (Å²) in [5, 5.41) is 6.55. The maximum absolute atomic E-state index is 11.1. The number of hydrogen-bond donors (Lipinski definition) is 2. The predicted octanol–water partition coefficient (Wildman–Crippen LogP) is 1.54. The number of aliphatic imine (C=N–C) groups is 1. The molecule has 0 saturated heterocycles. The monoisotopic (exact) mass is 403 g/mol. The molecule has 0 bridgehead atoms. The lowest BCUT2D eigenvalue weighted by Gasteiger charge is -2.24. The van der Waals surface area contributed by atoms with E-state index in [4.69, 9.17) is 0 Å². The fourth-order valence-electron chi connectivity index (χ4n) is 2.08. The first kappa shape index (κ1) is 18.9. The molecule has 2 N–H and O–H groups in total. The maximum Gasteiger partial charge on any atom is 0.191 e. The van der Waals surface area contributed by atoms with E-state index in [1.807, 2.05) is 6.92 Å². The summed E-state index contributed by atoms with van der Waals surface area (Å²) < 4.78 is 22.1. The molecule has 0 aromatic rings. The highest BCUT2D eigenvalue weighted by molar-refractivity contribution is 14.0. The number of nitrogens with one attached hydrogen (secondary N) is 2. The van der Waals surface area contributed by atoms with Crippen molar-refractivity contribution in [1.82, 2.24) is 10.6 Å². The van der Waals surface area contributed by atoms with Gasteiger partial charge in [-0.15, -0.1) is 24.0 Å². The molecule has 0 aliphatic heterocycles. The van der Waals surface area contributed by atoms with E-state index < -0.39 is 9.84 Å². The van der Waals surface area contributed by atoms with E-state index in [9.17, 15) is 8.42 Å². The topological polar surface area (TPSA) is 70.6 Å². The Labute approximate surface area is 134 Å². The Morgan fingerprint density at radius 2 is 1.89 bits per heavy atom. The zero-order chi connectivity index (χ0) is 13.4. The van der Waals surface area contributed by atoms with E-state index in [0.717, 1.165) is 12.5 Å². The standard InChI is InChI=1S/C12H25N3O2S.HI/c1-3-13-12(14-9-10-18(2,16)17)15-11-7-5-4-6-8-11;/h11H,3-10H2,1-2H3,(H2,13,14,15);1H. The Hall–Kier alpha value is -0.0500. The van der Waals surface area contributed by atoms with Gasteiger partial charge in [-0.25, -0.2) is 8.42 Å². The second-order valence-electron chi connectivity index (χ2n) is 4.87. The van der Waals surface area contributed by atoms with E-state index in [1.165, 1.54) is 38.4 Å². The molecule has 0 radical (unpaired) electrons. The number of nitrogens with zero attached hydrogens (tertiary/aromatic N) is 1. The van der Waals surface area contributed by atoms with E-state index in [-0.39, 0.29) is 29.7 Å². The summed E-state index contributed by atoms with van der Waals surface area (Å²) in [6.07, 6.45) is 7.44. The number of hydrogen-bond acceptors (Lipinski definition) is 3. The fraction of sp³-hybridized carbons (Fsp3) is 0.917. The van der Waals surface area contributed by atoms with Crippen LogP contribution in [-0.4, -0.2) is 45.5 Å². The second-order valence-corrected chi connectivity index (χ2v) is 7.13. The second kappa shape index (κ2) is 9.79. The molecular formula is C12H26IN3O2S. The predicted molar refractivity (Wildman–Crippen MR) is 91.1 cm³/mol. The van der Waals surface area contributed by atoms with Gasteiger partial charge in [0.05, 0.1) is 12.3 Å². The van der Waals surface area contributed by atoms with Gasteiger partial charge in [-0.05, 0) is 19.8 Å². The van der Waals surface area contributed by atoms with Crippen molar-refractivity contribution in [2.45, 2.75) is 45.1 Å². The van der Waals surface area contributed by atoms with Gasteiger partial charge < -0.3 is 10.6 Å². The van der Waals surface area contributed by atoms with E-state index in [0.29, 0.717) is 12.6 Å². The molecule has 19 heavy (non-hydrogen) atoms. The van der Waals surface area contributed by atoms with Crippen LogP contribution in [0.5, 0.6) is 0 Å². The minimum absolute atomic E-state index is 0. The Kier molecular flexibility index (Phi) is 9.77. The first-order valence-corrected chi connectivity index (χ1v) is 8.80. The average molecular weight is 403 g/mol. The van der Waals surface area contributed by atoms with Crippen molar-refractivity contribution in [3.8, 4) is 0 Å². The van der Waals surface area contributed by atoms with Crippen LogP contribution < -0.4 is 10.6 Å². The van der Waals surface area contributed by atoms with Crippen LogP contribution in [0.15, 0.2) is 4.99 Å². The number of guanidine groups is 1. The highest BCUT2D eigenvalue weighted by Gasteiger charge is 2.14. The molecule has 1 saturated carbocycles. The molecular weight excluding hydrogens is 377 g/mol. The van der Waals surface area contributed by atoms with Crippen LogP contribution in [-0.2, 0) is 9.84 Å². The van der Waals surface area contributed by atoms with Gasteiger partial charge in [-0.2, -0.15) is 0 Å². The van der Waals surface area contributed by atoms with E-state index >= 15 is 0 Å². The molecule has 1 aliphatic rings. The largest absolute Gasteiger partial charge is 0.357 e. The van der Waals surface area contributed by atoms with Crippen molar-refractivity contribution in [1.29, 1.82) is 0 Å². The lowest BCUT2D eigenvalue weighted by molar-refractivity contribution is 0.410. The molecule has 0 aromatic heterocycles. The van der Waals surface area contributed by atoms with Gasteiger partial charge in [0.25, 0.3) is 0 Å². The maximum atomic E-state index is 11.1. The minimum Gasteiger partial charge on any atom is -0.357 e. The smallest absolute Gasteiger partial charge is 0.191 e. The SMILES string of the molecule is CCNC(=NCCS(C)(=O)=O)NC1CCCCC1.I. The molecule has 7 heteroatoms. The van der Waals surface area contributed by atoms with Crippen LogP contribution in [0.25, 0.3) is 0 Å². The third kappa shape index (κ3) is 9.48. The molecule has 1 fully saturated rings. The molecule has 1 rings (SSSR count). The van der Waals surface area contributed by atoms with Crippen molar-refractivity contribution in [3.63, 3.8) is 0 Å². The van der Waals surface area contributed by atoms with Gasteiger partial charge in [-0.1, -0.05) is 19.3 Å². The van der Waals surface area contributed by atoms with Crippen LogP contribution in [0.4, 0.5) is 0 Å². The quantitative estimate of drug-likeness (QED) is 0.415. The Morgan fingerprint density at radius 3 is 2.42 bits per heavy atom. The zero-order valence-corrected chi connectivity index (χ0v) is 15.0. The van der Waals surface area contributed by atoms with Gasteiger partial charge in [0.1, 0.15) is 9.84 Å². The normalized spacial score (nSPS) is 17.7. The average Bonchev–Trinajstić information content (AvgIpc) is 2.29. The van der Waals surface area contributed by atoms with Crippen LogP contribution in [0.3, 0.4) is 0 Å².